The summed E-state index contributed by atoms with van der Waals surface area (Å²) in [4.78, 5) is 37.6. The van der Waals surface area contributed by atoms with Gasteiger partial charge in [-0.1, -0.05) is 54.6 Å². The lowest BCUT2D eigenvalue weighted by Gasteiger charge is -2.13. The van der Waals surface area contributed by atoms with Crippen molar-refractivity contribution in [2.45, 2.75) is 25.9 Å². The largest absolute Gasteiger partial charge is 0.350 e. The molecule has 0 saturated carbocycles. The molecule has 3 rings (SSSR count). The van der Waals surface area contributed by atoms with E-state index in [1.807, 2.05) is 61.5 Å². The van der Waals surface area contributed by atoms with Crippen LogP contribution >= 0.6 is 0 Å². The summed E-state index contributed by atoms with van der Waals surface area (Å²) in [6, 6.07) is 16.0. The number of rotatable bonds is 6. The average molecular weight is 351 g/mol. The molecule has 1 saturated heterocycles. The average Bonchev–Trinajstić information content (AvgIpc) is 2.89. The van der Waals surface area contributed by atoms with Crippen LogP contribution in [0.3, 0.4) is 0 Å². The third-order valence-corrected chi connectivity index (χ3v) is 4.43. The van der Waals surface area contributed by atoms with Crippen molar-refractivity contribution in [2.75, 3.05) is 6.54 Å². The number of aryl methyl sites for hydroxylation is 1. The second kappa shape index (κ2) is 7.82. The molecule has 0 spiro atoms. The van der Waals surface area contributed by atoms with E-state index in [1.54, 1.807) is 0 Å². The molecule has 0 bridgehead atoms. The van der Waals surface area contributed by atoms with Crippen molar-refractivity contribution >= 4 is 17.8 Å². The van der Waals surface area contributed by atoms with Gasteiger partial charge in [-0.15, -0.1) is 0 Å². The summed E-state index contributed by atoms with van der Waals surface area (Å²) in [7, 11) is 0. The highest BCUT2D eigenvalue weighted by Crippen LogP contribution is 2.12. The van der Waals surface area contributed by atoms with Crippen LogP contribution < -0.4 is 10.6 Å². The maximum absolute atomic E-state index is 12.4. The molecular weight excluding hydrogens is 330 g/mol. The van der Waals surface area contributed by atoms with E-state index in [2.05, 4.69) is 10.6 Å². The summed E-state index contributed by atoms with van der Waals surface area (Å²) in [5, 5.41) is 5.41. The number of hydrogen-bond acceptors (Lipinski definition) is 3. The van der Waals surface area contributed by atoms with Gasteiger partial charge in [0.25, 0.3) is 5.91 Å². The lowest BCUT2D eigenvalue weighted by Crippen LogP contribution is -2.41. The van der Waals surface area contributed by atoms with E-state index in [1.165, 1.54) is 0 Å². The third kappa shape index (κ3) is 4.08. The monoisotopic (exact) mass is 351 g/mol. The highest BCUT2D eigenvalue weighted by molar-refractivity contribution is 6.06. The van der Waals surface area contributed by atoms with E-state index >= 15 is 0 Å². The quantitative estimate of drug-likeness (QED) is 0.779. The van der Waals surface area contributed by atoms with Gasteiger partial charge in [-0.25, -0.2) is 4.79 Å². The zero-order valence-corrected chi connectivity index (χ0v) is 14.6. The van der Waals surface area contributed by atoms with E-state index < -0.39 is 12.1 Å². The van der Waals surface area contributed by atoms with Crippen molar-refractivity contribution in [1.29, 1.82) is 0 Å². The molecule has 6 nitrogen and oxygen atoms in total. The van der Waals surface area contributed by atoms with Gasteiger partial charge in [0.05, 0.1) is 0 Å². The van der Waals surface area contributed by atoms with Crippen LogP contribution in [-0.4, -0.2) is 35.3 Å². The number of carbonyl (C=O) groups excluding carboxylic acids is 3. The highest BCUT2D eigenvalue weighted by atomic mass is 16.2. The van der Waals surface area contributed by atoms with Crippen LogP contribution in [0.5, 0.6) is 0 Å². The molecule has 1 fully saturated rings. The molecule has 1 aliphatic heterocycles. The molecule has 2 aromatic rings. The van der Waals surface area contributed by atoms with Crippen molar-refractivity contribution in [3.63, 3.8) is 0 Å². The van der Waals surface area contributed by atoms with Gasteiger partial charge in [0.2, 0.25) is 5.91 Å². The molecule has 2 N–H and O–H groups in total. The fourth-order valence-corrected chi connectivity index (χ4v) is 2.92. The Hall–Kier alpha value is -3.15. The second-order valence-corrected chi connectivity index (χ2v) is 6.32. The summed E-state index contributed by atoms with van der Waals surface area (Å²) in [5.41, 5.74) is 3.03. The van der Waals surface area contributed by atoms with Crippen molar-refractivity contribution in [3.8, 4) is 0 Å². The summed E-state index contributed by atoms with van der Waals surface area (Å²) < 4.78 is 0. The van der Waals surface area contributed by atoms with Crippen molar-refractivity contribution in [2.24, 2.45) is 0 Å². The Morgan fingerprint density at radius 1 is 1.08 bits per heavy atom. The van der Waals surface area contributed by atoms with Gasteiger partial charge in [-0.05, 0) is 23.6 Å². The molecule has 0 aromatic heterocycles. The first-order chi connectivity index (χ1) is 12.5. The Bertz CT molecular complexity index is 820. The minimum Gasteiger partial charge on any atom is -0.350 e. The van der Waals surface area contributed by atoms with Gasteiger partial charge >= 0.3 is 6.03 Å². The molecule has 26 heavy (non-hydrogen) atoms. The van der Waals surface area contributed by atoms with Crippen LogP contribution in [-0.2, 0) is 22.6 Å². The summed E-state index contributed by atoms with van der Waals surface area (Å²) >= 11 is 0. The Labute approximate surface area is 152 Å². The van der Waals surface area contributed by atoms with Crippen molar-refractivity contribution in [3.05, 3.63) is 71.3 Å². The molecule has 1 atom stereocenters. The lowest BCUT2D eigenvalue weighted by atomic mass is 10.1. The third-order valence-electron chi connectivity index (χ3n) is 4.43. The molecule has 2 aromatic carbocycles. The van der Waals surface area contributed by atoms with Gasteiger partial charge in [-0.3, -0.25) is 14.5 Å². The van der Waals surface area contributed by atoms with Crippen LogP contribution in [0.4, 0.5) is 4.79 Å². The van der Waals surface area contributed by atoms with Crippen LogP contribution in [0.15, 0.2) is 54.6 Å². The number of nitrogens with zero attached hydrogens (tertiary/aromatic N) is 1. The van der Waals surface area contributed by atoms with E-state index in [-0.39, 0.29) is 18.4 Å². The normalized spacial score (nSPS) is 16.5. The minimum atomic E-state index is -0.630. The Balaban J connectivity index is 1.55. The fraction of sp³-hybridized carbons (Fsp3) is 0.250. The smallest absolute Gasteiger partial charge is 0.325 e. The van der Waals surface area contributed by atoms with E-state index in [0.29, 0.717) is 13.0 Å². The van der Waals surface area contributed by atoms with E-state index in [4.69, 9.17) is 0 Å². The van der Waals surface area contributed by atoms with Crippen LogP contribution in [0.1, 0.15) is 16.7 Å². The zero-order chi connectivity index (χ0) is 18.5. The van der Waals surface area contributed by atoms with Gasteiger partial charge in [0, 0.05) is 13.0 Å². The van der Waals surface area contributed by atoms with Crippen LogP contribution in [0, 0.1) is 6.92 Å². The van der Waals surface area contributed by atoms with Crippen LogP contribution in [0.2, 0.25) is 0 Å². The number of benzene rings is 2. The SMILES string of the molecule is Cc1ccccc1CNC(=O)CN1C(=O)N[C@H](Cc2ccccc2)C1=O. The Morgan fingerprint density at radius 3 is 2.50 bits per heavy atom. The van der Waals surface area contributed by atoms with Crippen molar-refractivity contribution in [1.82, 2.24) is 15.5 Å². The zero-order valence-electron chi connectivity index (χ0n) is 14.6. The maximum atomic E-state index is 12.4. The number of imide groups is 1. The first-order valence-corrected chi connectivity index (χ1v) is 8.51. The van der Waals surface area contributed by atoms with Gasteiger partial charge < -0.3 is 10.6 Å². The van der Waals surface area contributed by atoms with Gasteiger partial charge in [0.1, 0.15) is 12.6 Å². The fourth-order valence-electron chi connectivity index (χ4n) is 2.92. The topological polar surface area (TPSA) is 78.5 Å². The predicted octanol–water partition coefficient (Wildman–Crippen LogP) is 1.77. The second-order valence-electron chi connectivity index (χ2n) is 6.32. The maximum Gasteiger partial charge on any atom is 0.325 e. The summed E-state index contributed by atoms with van der Waals surface area (Å²) in [6.07, 6.45) is 0.409. The predicted molar refractivity (Wildman–Crippen MR) is 97.2 cm³/mol. The summed E-state index contributed by atoms with van der Waals surface area (Å²) in [6.45, 7) is 2.05. The summed E-state index contributed by atoms with van der Waals surface area (Å²) in [5.74, 6) is -0.734. The molecule has 0 unspecified atom stereocenters. The number of amides is 4. The number of hydrogen-bond donors (Lipinski definition) is 2. The number of carbonyl (C=O) groups is 3. The van der Waals surface area contributed by atoms with Gasteiger partial charge in [-0.2, -0.15) is 0 Å². The molecule has 0 aliphatic carbocycles. The molecule has 4 amide bonds. The Kier molecular flexibility index (Phi) is 5.31. The molecule has 1 heterocycles. The van der Waals surface area contributed by atoms with Gasteiger partial charge in [0.15, 0.2) is 0 Å². The standard InChI is InChI=1S/C20H21N3O3/c1-14-7-5-6-10-16(14)12-21-18(24)13-23-19(25)17(22-20(23)26)11-15-8-3-2-4-9-15/h2-10,17H,11-13H2,1H3,(H,21,24)(H,22,26)/t17-/m1/s1. The molecule has 6 heteroatoms. The molecular formula is C20H21N3O3. The van der Waals surface area contributed by atoms with Crippen molar-refractivity contribution < 1.29 is 14.4 Å². The Morgan fingerprint density at radius 2 is 1.77 bits per heavy atom. The highest BCUT2D eigenvalue weighted by Gasteiger charge is 2.38. The first-order valence-electron chi connectivity index (χ1n) is 8.51. The van der Waals surface area contributed by atoms with E-state index in [9.17, 15) is 14.4 Å². The van der Waals surface area contributed by atoms with E-state index in [0.717, 1.165) is 21.6 Å². The minimum absolute atomic E-state index is 0.276. The molecule has 134 valence electrons. The molecule has 0 radical (unpaired) electrons. The lowest BCUT2D eigenvalue weighted by molar-refractivity contribution is -0.132. The number of nitrogens with one attached hydrogen (secondary N) is 2. The first kappa shape index (κ1) is 17.7. The molecule has 1 aliphatic rings. The van der Waals surface area contributed by atoms with Crippen LogP contribution in [0.25, 0.3) is 0 Å². The number of urea groups is 1.